The number of hydrogen-bond donors (Lipinski definition) is 0. The fourth-order valence-electron chi connectivity index (χ4n) is 3.32. The van der Waals surface area contributed by atoms with E-state index in [1.54, 1.807) is 0 Å². The van der Waals surface area contributed by atoms with Crippen LogP contribution in [0, 0.1) is 23.2 Å². The van der Waals surface area contributed by atoms with Crippen LogP contribution in [0.2, 0.25) is 0 Å². The Kier molecular flexibility index (Phi) is 7.35. The SMILES string of the molecule is CCCCC(CC(C)C)(C(C)C)C(C)CC. The standard InChI is InChI=1S/C16H34/c1-8-10-11-16(14(5)6,12-13(3)4)15(7)9-2/h13-15H,8-12H2,1-7H3. The lowest BCUT2D eigenvalue weighted by molar-refractivity contribution is 0.0537. The molecule has 0 saturated carbocycles. The summed E-state index contributed by atoms with van der Waals surface area (Å²) in [5, 5.41) is 0. The third-order valence-corrected chi connectivity index (χ3v) is 4.53. The van der Waals surface area contributed by atoms with Crippen molar-refractivity contribution < 1.29 is 0 Å². The van der Waals surface area contributed by atoms with E-state index in [1.807, 2.05) is 0 Å². The normalized spacial score (nSPS) is 17.8. The van der Waals surface area contributed by atoms with Gasteiger partial charge in [0.15, 0.2) is 0 Å². The van der Waals surface area contributed by atoms with Gasteiger partial charge in [0, 0.05) is 0 Å². The molecule has 98 valence electrons. The molecule has 2 atom stereocenters. The van der Waals surface area contributed by atoms with Gasteiger partial charge in [-0.2, -0.15) is 0 Å². The second-order valence-corrected chi connectivity index (χ2v) is 6.40. The molecule has 0 heteroatoms. The fourth-order valence-corrected chi connectivity index (χ4v) is 3.32. The van der Waals surface area contributed by atoms with Crippen molar-refractivity contribution in [2.75, 3.05) is 0 Å². The van der Waals surface area contributed by atoms with Crippen LogP contribution in [0.15, 0.2) is 0 Å². The number of unbranched alkanes of at least 4 members (excludes halogenated alkanes) is 1. The van der Waals surface area contributed by atoms with Crippen LogP contribution in [-0.4, -0.2) is 0 Å². The Labute approximate surface area is 104 Å². The van der Waals surface area contributed by atoms with E-state index in [9.17, 15) is 0 Å². The summed E-state index contributed by atoms with van der Waals surface area (Å²) in [5.74, 6) is 2.51. The highest BCUT2D eigenvalue weighted by atomic mass is 14.4. The predicted molar refractivity (Wildman–Crippen MR) is 75.7 cm³/mol. The van der Waals surface area contributed by atoms with Crippen LogP contribution in [0.4, 0.5) is 0 Å². The second kappa shape index (κ2) is 7.35. The van der Waals surface area contributed by atoms with E-state index < -0.39 is 0 Å². The minimum atomic E-state index is 0.582. The third-order valence-electron chi connectivity index (χ3n) is 4.53. The Morgan fingerprint density at radius 2 is 1.50 bits per heavy atom. The van der Waals surface area contributed by atoms with Crippen molar-refractivity contribution in [2.45, 2.75) is 80.6 Å². The van der Waals surface area contributed by atoms with Gasteiger partial charge in [0.1, 0.15) is 0 Å². The lowest BCUT2D eigenvalue weighted by Gasteiger charge is -2.44. The van der Waals surface area contributed by atoms with Crippen molar-refractivity contribution in [2.24, 2.45) is 23.2 Å². The van der Waals surface area contributed by atoms with Crippen molar-refractivity contribution in [3.8, 4) is 0 Å². The minimum absolute atomic E-state index is 0.582. The summed E-state index contributed by atoms with van der Waals surface area (Å²) in [6.45, 7) is 16.8. The Morgan fingerprint density at radius 1 is 0.938 bits per heavy atom. The van der Waals surface area contributed by atoms with E-state index in [2.05, 4.69) is 48.5 Å². The van der Waals surface area contributed by atoms with Crippen LogP contribution in [0.3, 0.4) is 0 Å². The van der Waals surface area contributed by atoms with E-state index in [0.29, 0.717) is 5.41 Å². The third kappa shape index (κ3) is 4.11. The monoisotopic (exact) mass is 226 g/mol. The Bertz CT molecular complexity index is 169. The highest BCUT2D eigenvalue weighted by Crippen LogP contribution is 2.47. The maximum absolute atomic E-state index is 2.47. The van der Waals surface area contributed by atoms with Crippen molar-refractivity contribution in [1.82, 2.24) is 0 Å². The zero-order valence-electron chi connectivity index (χ0n) is 12.8. The molecule has 0 bridgehead atoms. The van der Waals surface area contributed by atoms with E-state index in [1.165, 1.54) is 32.1 Å². The molecular formula is C16H34. The van der Waals surface area contributed by atoms with Gasteiger partial charge in [-0.3, -0.25) is 0 Å². The molecule has 0 spiro atoms. The molecule has 0 fully saturated rings. The van der Waals surface area contributed by atoms with Crippen molar-refractivity contribution in [3.63, 3.8) is 0 Å². The number of rotatable bonds is 8. The molecule has 0 heterocycles. The van der Waals surface area contributed by atoms with Gasteiger partial charge in [0.25, 0.3) is 0 Å². The predicted octanol–water partition coefficient (Wildman–Crippen LogP) is 5.91. The van der Waals surface area contributed by atoms with Crippen molar-refractivity contribution in [3.05, 3.63) is 0 Å². The average Bonchev–Trinajstić information content (AvgIpc) is 2.22. The summed E-state index contributed by atoms with van der Waals surface area (Å²) < 4.78 is 0. The van der Waals surface area contributed by atoms with Gasteiger partial charge < -0.3 is 0 Å². The maximum Gasteiger partial charge on any atom is -0.0246 e. The molecule has 0 aromatic rings. The molecule has 0 N–H and O–H groups in total. The largest absolute Gasteiger partial charge is 0.0654 e. The van der Waals surface area contributed by atoms with Crippen molar-refractivity contribution in [1.29, 1.82) is 0 Å². The molecule has 0 rings (SSSR count). The Hall–Kier alpha value is 0. The summed E-state index contributed by atoms with van der Waals surface area (Å²) in [6, 6.07) is 0. The summed E-state index contributed by atoms with van der Waals surface area (Å²) in [6.07, 6.45) is 6.89. The smallest absolute Gasteiger partial charge is 0.0246 e. The van der Waals surface area contributed by atoms with Crippen LogP contribution < -0.4 is 0 Å². The molecule has 0 aliphatic heterocycles. The Balaban J connectivity index is 4.88. The molecule has 2 unspecified atom stereocenters. The van der Waals surface area contributed by atoms with Gasteiger partial charge >= 0.3 is 0 Å². The molecule has 0 aromatic carbocycles. The lowest BCUT2D eigenvalue weighted by Crippen LogP contribution is -2.35. The molecule has 16 heavy (non-hydrogen) atoms. The van der Waals surface area contributed by atoms with Crippen LogP contribution >= 0.6 is 0 Å². The zero-order valence-corrected chi connectivity index (χ0v) is 12.8. The minimum Gasteiger partial charge on any atom is -0.0654 e. The van der Waals surface area contributed by atoms with Gasteiger partial charge in [-0.05, 0) is 36.0 Å². The summed E-state index contributed by atoms with van der Waals surface area (Å²) in [7, 11) is 0. The van der Waals surface area contributed by atoms with E-state index in [-0.39, 0.29) is 0 Å². The molecular weight excluding hydrogens is 192 g/mol. The van der Waals surface area contributed by atoms with E-state index in [4.69, 9.17) is 0 Å². The lowest BCUT2D eigenvalue weighted by atomic mass is 9.61. The van der Waals surface area contributed by atoms with Crippen LogP contribution in [0.25, 0.3) is 0 Å². The first-order valence-electron chi connectivity index (χ1n) is 7.40. The second-order valence-electron chi connectivity index (χ2n) is 6.40. The van der Waals surface area contributed by atoms with Crippen LogP contribution in [0.5, 0.6) is 0 Å². The Morgan fingerprint density at radius 3 is 1.81 bits per heavy atom. The van der Waals surface area contributed by atoms with E-state index in [0.717, 1.165) is 17.8 Å². The average molecular weight is 226 g/mol. The van der Waals surface area contributed by atoms with Gasteiger partial charge in [-0.25, -0.2) is 0 Å². The quantitative estimate of drug-likeness (QED) is 0.482. The molecule has 0 aliphatic carbocycles. The summed E-state index contributed by atoms with van der Waals surface area (Å²) in [5.41, 5.74) is 0.582. The van der Waals surface area contributed by atoms with Crippen LogP contribution in [0.1, 0.15) is 80.6 Å². The molecule has 0 amide bonds. The van der Waals surface area contributed by atoms with Gasteiger partial charge in [-0.1, -0.05) is 67.7 Å². The van der Waals surface area contributed by atoms with Crippen LogP contribution in [-0.2, 0) is 0 Å². The number of hydrogen-bond acceptors (Lipinski definition) is 0. The summed E-state index contributed by atoms with van der Waals surface area (Å²) >= 11 is 0. The maximum atomic E-state index is 2.47. The zero-order chi connectivity index (χ0) is 12.8. The molecule has 0 aliphatic rings. The molecule has 0 saturated heterocycles. The highest BCUT2D eigenvalue weighted by Gasteiger charge is 2.37. The summed E-state index contributed by atoms with van der Waals surface area (Å²) in [4.78, 5) is 0. The topological polar surface area (TPSA) is 0 Å². The first-order valence-corrected chi connectivity index (χ1v) is 7.40. The first kappa shape index (κ1) is 16.0. The highest BCUT2D eigenvalue weighted by molar-refractivity contribution is 4.87. The molecule has 0 nitrogen and oxygen atoms in total. The van der Waals surface area contributed by atoms with E-state index >= 15 is 0 Å². The fraction of sp³-hybridized carbons (Fsp3) is 1.00. The van der Waals surface area contributed by atoms with Gasteiger partial charge in [0.05, 0.1) is 0 Å². The molecule has 0 radical (unpaired) electrons. The van der Waals surface area contributed by atoms with Gasteiger partial charge in [-0.15, -0.1) is 0 Å². The van der Waals surface area contributed by atoms with Gasteiger partial charge in [0.2, 0.25) is 0 Å². The molecule has 0 aromatic heterocycles. The van der Waals surface area contributed by atoms with Crippen molar-refractivity contribution >= 4 is 0 Å². The first-order chi connectivity index (χ1) is 7.40.